The molecule has 120 valence electrons. The van der Waals surface area contributed by atoms with Crippen LogP contribution in [0.2, 0.25) is 0 Å². The third kappa shape index (κ3) is 6.09. The Kier molecular flexibility index (Phi) is 7.92. The second-order valence-electron chi connectivity index (χ2n) is 4.78. The van der Waals surface area contributed by atoms with Crippen LogP contribution in [-0.4, -0.2) is 34.0 Å². The second kappa shape index (κ2) is 8.91. The van der Waals surface area contributed by atoms with Crippen molar-refractivity contribution < 1.29 is 8.42 Å². The summed E-state index contributed by atoms with van der Waals surface area (Å²) in [7, 11) is -3.39. The summed E-state index contributed by atoms with van der Waals surface area (Å²) in [5.74, 6) is 1.06. The summed E-state index contributed by atoms with van der Waals surface area (Å²) in [5, 5.41) is 4.64. The monoisotopic (exact) mass is 444 g/mol. The van der Waals surface area contributed by atoms with Gasteiger partial charge in [0.25, 0.3) is 0 Å². The minimum atomic E-state index is -3.39. The molecule has 1 aromatic heterocycles. The Balaban J connectivity index is 0.00000220. The van der Waals surface area contributed by atoms with E-state index in [1.54, 1.807) is 17.5 Å². The maximum absolute atomic E-state index is 11.8. The number of hydrogen-bond donors (Lipinski definition) is 3. The molecular weight excluding hydrogens is 423 g/mol. The van der Waals surface area contributed by atoms with Crippen LogP contribution in [0.5, 0.6) is 0 Å². The number of hydrogen-bond acceptors (Lipinski definition) is 4. The highest BCUT2D eigenvalue weighted by atomic mass is 127. The molecule has 0 spiro atoms. The summed E-state index contributed by atoms with van der Waals surface area (Å²) < 4.78 is 26.5. The van der Waals surface area contributed by atoms with Gasteiger partial charge in [-0.25, -0.2) is 13.1 Å². The van der Waals surface area contributed by atoms with E-state index in [0.717, 1.165) is 6.54 Å². The van der Waals surface area contributed by atoms with E-state index in [9.17, 15) is 8.42 Å². The third-order valence-corrected chi connectivity index (χ3v) is 6.09. The summed E-state index contributed by atoms with van der Waals surface area (Å²) in [6.07, 6.45) is 3.76. The number of thiophene rings is 1. The molecule has 0 aliphatic heterocycles. The quantitative estimate of drug-likeness (QED) is 0.256. The fourth-order valence-electron chi connectivity index (χ4n) is 1.82. The first kappa shape index (κ1) is 18.7. The Morgan fingerprint density at radius 2 is 2.19 bits per heavy atom. The lowest BCUT2D eigenvalue weighted by Gasteiger charge is -2.23. The van der Waals surface area contributed by atoms with Gasteiger partial charge in [-0.2, -0.15) is 0 Å². The van der Waals surface area contributed by atoms with E-state index < -0.39 is 10.0 Å². The van der Waals surface area contributed by atoms with Crippen LogP contribution in [0.4, 0.5) is 0 Å². The lowest BCUT2D eigenvalue weighted by atomic mass is 9.86. The van der Waals surface area contributed by atoms with Crippen molar-refractivity contribution in [2.24, 2.45) is 16.6 Å². The molecule has 1 aromatic rings. The zero-order chi connectivity index (χ0) is 14.4. The standard InChI is InChI=1S/C12H20N4O2S2.HI/c13-12(15-9-10-3-1-4-10)14-6-7-16-20(17,18)11-5-2-8-19-11;/h2,5,8,10,16H,1,3-4,6-7,9H2,(H3,13,14,15);1H. The average Bonchev–Trinajstić information content (AvgIpc) is 2.87. The number of guanidine groups is 1. The van der Waals surface area contributed by atoms with E-state index in [2.05, 4.69) is 15.0 Å². The molecule has 9 heteroatoms. The molecule has 1 aliphatic rings. The van der Waals surface area contributed by atoms with Gasteiger partial charge in [-0.05, 0) is 30.2 Å². The molecule has 1 aliphatic carbocycles. The molecule has 2 rings (SSSR count). The van der Waals surface area contributed by atoms with Crippen LogP contribution in [0, 0.1) is 5.92 Å². The molecule has 0 unspecified atom stereocenters. The number of rotatable bonds is 7. The molecular formula is C12H21IN4O2S2. The Morgan fingerprint density at radius 3 is 2.76 bits per heavy atom. The van der Waals surface area contributed by atoms with Crippen molar-refractivity contribution in [1.29, 1.82) is 0 Å². The van der Waals surface area contributed by atoms with E-state index in [0.29, 0.717) is 22.6 Å². The van der Waals surface area contributed by atoms with Crippen LogP contribution < -0.4 is 15.8 Å². The number of aliphatic imine (C=N–C) groups is 1. The Morgan fingerprint density at radius 1 is 1.43 bits per heavy atom. The van der Waals surface area contributed by atoms with E-state index in [1.165, 1.54) is 30.6 Å². The third-order valence-electron chi connectivity index (χ3n) is 3.23. The minimum Gasteiger partial charge on any atom is -0.370 e. The van der Waals surface area contributed by atoms with Crippen molar-refractivity contribution in [2.75, 3.05) is 19.6 Å². The van der Waals surface area contributed by atoms with Crippen molar-refractivity contribution >= 4 is 51.3 Å². The van der Waals surface area contributed by atoms with Gasteiger partial charge in [-0.15, -0.1) is 35.3 Å². The summed E-state index contributed by atoms with van der Waals surface area (Å²) >= 11 is 1.20. The Labute approximate surface area is 146 Å². The fraction of sp³-hybridized carbons (Fsp3) is 0.583. The topological polar surface area (TPSA) is 96.6 Å². The van der Waals surface area contributed by atoms with Gasteiger partial charge in [0, 0.05) is 19.6 Å². The normalized spacial score (nSPS) is 16.1. The first-order valence-electron chi connectivity index (χ1n) is 6.65. The van der Waals surface area contributed by atoms with Crippen molar-refractivity contribution in [3.8, 4) is 0 Å². The molecule has 0 saturated heterocycles. The van der Waals surface area contributed by atoms with Crippen LogP contribution in [0.1, 0.15) is 19.3 Å². The lowest BCUT2D eigenvalue weighted by molar-refractivity contribution is 0.326. The molecule has 1 heterocycles. The van der Waals surface area contributed by atoms with Crippen LogP contribution in [0.25, 0.3) is 0 Å². The van der Waals surface area contributed by atoms with Gasteiger partial charge >= 0.3 is 0 Å². The molecule has 4 N–H and O–H groups in total. The minimum absolute atomic E-state index is 0. The van der Waals surface area contributed by atoms with E-state index in [1.807, 2.05) is 0 Å². The van der Waals surface area contributed by atoms with Gasteiger partial charge in [0.15, 0.2) is 5.96 Å². The van der Waals surface area contributed by atoms with Crippen molar-refractivity contribution in [3.05, 3.63) is 17.5 Å². The predicted octanol–water partition coefficient (Wildman–Crippen LogP) is 1.35. The summed E-state index contributed by atoms with van der Waals surface area (Å²) in [6, 6.07) is 3.29. The van der Waals surface area contributed by atoms with Gasteiger partial charge in [0.2, 0.25) is 10.0 Å². The van der Waals surface area contributed by atoms with Gasteiger partial charge in [0.05, 0.1) is 0 Å². The van der Waals surface area contributed by atoms with Crippen LogP contribution >= 0.6 is 35.3 Å². The van der Waals surface area contributed by atoms with Crippen molar-refractivity contribution in [2.45, 2.75) is 23.5 Å². The Bertz CT molecular complexity index is 542. The van der Waals surface area contributed by atoms with Crippen LogP contribution in [-0.2, 0) is 10.0 Å². The van der Waals surface area contributed by atoms with Gasteiger partial charge in [-0.3, -0.25) is 4.99 Å². The highest BCUT2D eigenvalue weighted by Crippen LogP contribution is 2.26. The average molecular weight is 444 g/mol. The van der Waals surface area contributed by atoms with Crippen molar-refractivity contribution in [1.82, 2.24) is 10.0 Å². The molecule has 0 atom stereocenters. The number of halogens is 1. The molecule has 0 aromatic carbocycles. The Hall–Kier alpha value is -0.390. The summed E-state index contributed by atoms with van der Waals surface area (Å²) in [6.45, 7) is 1.46. The van der Waals surface area contributed by atoms with Crippen LogP contribution in [0.15, 0.2) is 26.7 Å². The van der Waals surface area contributed by atoms with E-state index >= 15 is 0 Å². The highest BCUT2D eigenvalue weighted by molar-refractivity contribution is 14.0. The molecule has 1 fully saturated rings. The molecule has 6 nitrogen and oxygen atoms in total. The maximum Gasteiger partial charge on any atom is 0.250 e. The zero-order valence-electron chi connectivity index (χ0n) is 11.6. The highest BCUT2D eigenvalue weighted by Gasteiger charge is 2.16. The number of sulfonamides is 1. The molecule has 0 bridgehead atoms. The fourth-order valence-corrected chi connectivity index (χ4v) is 3.89. The van der Waals surface area contributed by atoms with E-state index in [4.69, 9.17) is 5.73 Å². The molecule has 21 heavy (non-hydrogen) atoms. The first-order valence-corrected chi connectivity index (χ1v) is 9.01. The molecule has 0 radical (unpaired) electrons. The second-order valence-corrected chi connectivity index (χ2v) is 7.72. The van der Waals surface area contributed by atoms with Gasteiger partial charge in [-0.1, -0.05) is 12.5 Å². The van der Waals surface area contributed by atoms with Gasteiger partial charge in [0.1, 0.15) is 4.21 Å². The first-order chi connectivity index (χ1) is 9.58. The zero-order valence-corrected chi connectivity index (χ0v) is 15.6. The molecule has 0 amide bonds. The number of nitrogens with two attached hydrogens (primary N) is 1. The van der Waals surface area contributed by atoms with Gasteiger partial charge < -0.3 is 11.1 Å². The SMILES string of the molecule is I.NC(=NCC1CCC1)NCCNS(=O)(=O)c1cccs1. The summed E-state index contributed by atoms with van der Waals surface area (Å²) in [5.41, 5.74) is 5.71. The van der Waals surface area contributed by atoms with Crippen molar-refractivity contribution in [3.63, 3.8) is 0 Å². The number of nitrogens with zero attached hydrogens (tertiary/aromatic N) is 1. The number of nitrogens with one attached hydrogen (secondary N) is 2. The summed E-state index contributed by atoms with van der Waals surface area (Å²) in [4.78, 5) is 4.24. The lowest BCUT2D eigenvalue weighted by Crippen LogP contribution is -2.38. The smallest absolute Gasteiger partial charge is 0.250 e. The molecule has 1 saturated carbocycles. The maximum atomic E-state index is 11.8. The predicted molar refractivity (Wildman–Crippen MR) is 96.8 cm³/mol. The van der Waals surface area contributed by atoms with E-state index in [-0.39, 0.29) is 30.5 Å². The largest absolute Gasteiger partial charge is 0.370 e. The van der Waals surface area contributed by atoms with Crippen LogP contribution in [0.3, 0.4) is 0 Å².